The number of benzene rings is 1. The van der Waals surface area contributed by atoms with E-state index in [0.717, 1.165) is 11.2 Å². The molecule has 2 heterocycles. The van der Waals surface area contributed by atoms with Crippen LogP contribution in [-0.2, 0) is 0 Å². The molecule has 0 spiro atoms. The number of aromatic amines is 1. The number of nitrogens with two attached hydrogens (primary N) is 1. The summed E-state index contributed by atoms with van der Waals surface area (Å²) in [6.07, 6.45) is 8.47. The van der Waals surface area contributed by atoms with E-state index in [2.05, 4.69) is 28.3 Å². The summed E-state index contributed by atoms with van der Waals surface area (Å²) in [5, 5.41) is 3.87. The Hall–Kier alpha value is -2.01. The number of likely N-dealkylation sites (tertiary alicyclic amines) is 1. The van der Waals surface area contributed by atoms with Crippen molar-refractivity contribution < 1.29 is 4.79 Å². The van der Waals surface area contributed by atoms with Gasteiger partial charge in [0.25, 0.3) is 0 Å². The smallest absolute Gasteiger partial charge is 0.316 e. The Morgan fingerprint density at radius 2 is 2.12 bits per heavy atom. The summed E-state index contributed by atoms with van der Waals surface area (Å²) in [6, 6.07) is 5.39. The van der Waals surface area contributed by atoms with Crippen LogP contribution >= 0.6 is 0 Å². The van der Waals surface area contributed by atoms with Gasteiger partial charge in [-0.05, 0) is 68.6 Å². The first-order valence-electron chi connectivity index (χ1n) is 9.07. The predicted molar refractivity (Wildman–Crippen MR) is 99.4 cm³/mol. The molecular formula is C19H28N4O. The first kappa shape index (κ1) is 16.8. The van der Waals surface area contributed by atoms with Gasteiger partial charge in [0.15, 0.2) is 0 Å². The number of amides is 2. The number of nitrogens with one attached hydrogen (secondary N) is 2. The summed E-state index contributed by atoms with van der Waals surface area (Å²) >= 11 is 0. The molecule has 2 amide bonds. The van der Waals surface area contributed by atoms with E-state index in [4.69, 9.17) is 5.73 Å². The molecule has 1 saturated heterocycles. The number of anilines is 1. The van der Waals surface area contributed by atoms with Crippen molar-refractivity contribution in [2.24, 2.45) is 5.73 Å². The highest BCUT2D eigenvalue weighted by atomic mass is 16.2. The average Bonchev–Trinajstić information content (AvgIpc) is 2.98. The maximum absolute atomic E-state index is 11.1. The number of carbonyl (C=O) groups is 1. The zero-order valence-corrected chi connectivity index (χ0v) is 14.5. The fourth-order valence-corrected chi connectivity index (χ4v) is 3.75. The fraction of sp³-hybridized carbons (Fsp3) is 0.526. The minimum atomic E-state index is -0.521. The number of hydrogen-bond acceptors (Lipinski definition) is 2. The summed E-state index contributed by atoms with van der Waals surface area (Å²) in [6.45, 7) is 5.85. The lowest BCUT2D eigenvalue weighted by Gasteiger charge is -2.32. The standard InChI is InChI=1S/C19H28N4O/c1-2-3-4-9-23-10-7-14(8-11-23)17-13-21-18-6-5-15(12-16(17)18)22-19(20)24/h5-6,12-14,21H,2-4,7-11H2,1H3,(H3,20,22,24). The lowest BCUT2D eigenvalue weighted by atomic mass is 9.89. The molecule has 1 aliphatic heterocycles. The van der Waals surface area contributed by atoms with E-state index < -0.39 is 6.03 Å². The lowest BCUT2D eigenvalue weighted by molar-refractivity contribution is 0.209. The Kier molecular flexibility index (Phi) is 5.41. The van der Waals surface area contributed by atoms with Crippen molar-refractivity contribution in [1.82, 2.24) is 9.88 Å². The Morgan fingerprint density at radius 1 is 1.33 bits per heavy atom. The van der Waals surface area contributed by atoms with Crippen LogP contribution in [0.4, 0.5) is 10.5 Å². The second-order valence-electron chi connectivity index (χ2n) is 6.82. The molecule has 0 radical (unpaired) electrons. The molecule has 0 saturated carbocycles. The average molecular weight is 328 g/mol. The molecule has 0 unspecified atom stereocenters. The van der Waals surface area contributed by atoms with E-state index in [9.17, 15) is 4.79 Å². The Morgan fingerprint density at radius 3 is 2.83 bits per heavy atom. The minimum absolute atomic E-state index is 0.521. The van der Waals surface area contributed by atoms with Crippen molar-refractivity contribution in [1.29, 1.82) is 0 Å². The maximum atomic E-state index is 11.1. The van der Waals surface area contributed by atoms with Gasteiger partial charge in [0.05, 0.1) is 0 Å². The molecule has 5 heteroatoms. The number of piperidine rings is 1. The number of nitrogens with zero attached hydrogens (tertiary/aromatic N) is 1. The highest BCUT2D eigenvalue weighted by Gasteiger charge is 2.22. The molecule has 1 aromatic heterocycles. The van der Waals surface area contributed by atoms with Crippen LogP contribution < -0.4 is 11.1 Å². The second-order valence-corrected chi connectivity index (χ2v) is 6.82. The molecule has 1 fully saturated rings. The third kappa shape index (κ3) is 3.90. The SMILES string of the molecule is CCCCCN1CCC(c2c[nH]c3ccc(NC(N)=O)cc23)CC1. The molecular weight excluding hydrogens is 300 g/mol. The quantitative estimate of drug-likeness (QED) is 0.700. The van der Waals surface area contributed by atoms with E-state index in [1.165, 1.54) is 62.7 Å². The number of unbranched alkanes of at least 4 members (excludes halogenated alkanes) is 2. The van der Waals surface area contributed by atoms with Crippen molar-refractivity contribution in [3.05, 3.63) is 30.0 Å². The van der Waals surface area contributed by atoms with Crippen LogP contribution in [-0.4, -0.2) is 35.5 Å². The van der Waals surface area contributed by atoms with Gasteiger partial charge in [-0.15, -0.1) is 0 Å². The highest BCUT2D eigenvalue weighted by molar-refractivity contribution is 5.93. The summed E-state index contributed by atoms with van der Waals surface area (Å²) < 4.78 is 0. The molecule has 0 aliphatic carbocycles. The van der Waals surface area contributed by atoms with Gasteiger partial charge in [-0.1, -0.05) is 19.8 Å². The summed E-state index contributed by atoms with van der Waals surface area (Å²) in [5.74, 6) is 0.588. The number of aromatic nitrogens is 1. The Bertz CT molecular complexity index is 686. The van der Waals surface area contributed by atoms with E-state index in [1.54, 1.807) is 0 Å². The van der Waals surface area contributed by atoms with Crippen molar-refractivity contribution in [3.8, 4) is 0 Å². The molecule has 1 aliphatic rings. The molecule has 130 valence electrons. The van der Waals surface area contributed by atoms with Gasteiger partial charge >= 0.3 is 6.03 Å². The number of hydrogen-bond donors (Lipinski definition) is 3. The number of carbonyl (C=O) groups excluding carboxylic acids is 1. The van der Waals surface area contributed by atoms with Gasteiger partial charge in [-0.25, -0.2) is 4.79 Å². The van der Waals surface area contributed by atoms with Crippen LogP contribution in [0.2, 0.25) is 0 Å². The zero-order chi connectivity index (χ0) is 16.9. The van der Waals surface area contributed by atoms with Crippen LogP contribution in [0.25, 0.3) is 10.9 Å². The highest BCUT2D eigenvalue weighted by Crippen LogP contribution is 2.34. The van der Waals surface area contributed by atoms with Gasteiger partial charge < -0.3 is 20.9 Å². The normalized spacial score (nSPS) is 16.5. The number of H-pyrrole nitrogens is 1. The number of fused-ring (bicyclic) bond motifs is 1. The van der Waals surface area contributed by atoms with Crippen molar-refractivity contribution in [3.63, 3.8) is 0 Å². The topological polar surface area (TPSA) is 74.2 Å². The molecule has 2 aromatic rings. The maximum Gasteiger partial charge on any atom is 0.316 e. The van der Waals surface area contributed by atoms with Gasteiger partial charge in [-0.2, -0.15) is 0 Å². The van der Waals surface area contributed by atoms with Crippen molar-refractivity contribution in [2.75, 3.05) is 25.0 Å². The van der Waals surface area contributed by atoms with Crippen LogP contribution in [0.3, 0.4) is 0 Å². The van der Waals surface area contributed by atoms with Gasteiger partial charge in [-0.3, -0.25) is 0 Å². The molecule has 4 N–H and O–H groups in total. The summed E-state index contributed by atoms with van der Waals surface area (Å²) in [5.41, 5.74) is 8.47. The predicted octanol–water partition coefficient (Wildman–Crippen LogP) is 4.03. The molecule has 24 heavy (non-hydrogen) atoms. The molecule has 0 atom stereocenters. The summed E-state index contributed by atoms with van der Waals surface area (Å²) in [4.78, 5) is 17.0. The van der Waals surface area contributed by atoms with Crippen LogP contribution in [0.15, 0.2) is 24.4 Å². The number of rotatable bonds is 6. The number of primary amides is 1. The number of urea groups is 1. The fourth-order valence-electron chi connectivity index (χ4n) is 3.75. The third-order valence-corrected chi connectivity index (χ3v) is 5.09. The molecule has 5 nitrogen and oxygen atoms in total. The first-order valence-corrected chi connectivity index (χ1v) is 9.07. The molecule has 3 rings (SSSR count). The van der Waals surface area contributed by atoms with E-state index in [0.29, 0.717) is 5.92 Å². The Labute approximate surface area is 143 Å². The van der Waals surface area contributed by atoms with Crippen molar-refractivity contribution in [2.45, 2.75) is 44.9 Å². The van der Waals surface area contributed by atoms with Crippen LogP contribution in [0.5, 0.6) is 0 Å². The molecule has 1 aromatic carbocycles. The third-order valence-electron chi connectivity index (χ3n) is 5.09. The van der Waals surface area contributed by atoms with E-state index >= 15 is 0 Å². The van der Waals surface area contributed by atoms with Gasteiger partial charge in [0.2, 0.25) is 0 Å². The largest absolute Gasteiger partial charge is 0.361 e. The van der Waals surface area contributed by atoms with E-state index in [1.807, 2.05) is 18.2 Å². The Balaban J connectivity index is 1.68. The van der Waals surface area contributed by atoms with Crippen LogP contribution in [0, 0.1) is 0 Å². The van der Waals surface area contributed by atoms with Gasteiger partial charge in [0.1, 0.15) is 0 Å². The van der Waals surface area contributed by atoms with E-state index in [-0.39, 0.29) is 0 Å². The minimum Gasteiger partial charge on any atom is -0.361 e. The lowest BCUT2D eigenvalue weighted by Crippen LogP contribution is -2.33. The zero-order valence-electron chi connectivity index (χ0n) is 14.5. The molecule has 0 bridgehead atoms. The monoisotopic (exact) mass is 328 g/mol. The van der Waals surface area contributed by atoms with Crippen LogP contribution in [0.1, 0.15) is 50.5 Å². The summed E-state index contributed by atoms with van der Waals surface area (Å²) in [7, 11) is 0. The van der Waals surface area contributed by atoms with Crippen molar-refractivity contribution >= 4 is 22.6 Å². The second kappa shape index (κ2) is 7.71. The van der Waals surface area contributed by atoms with Gasteiger partial charge in [0, 0.05) is 22.8 Å². The first-order chi connectivity index (χ1) is 11.7.